The topological polar surface area (TPSA) is 103 Å². The Kier molecular flexibility index (Phi) is 7.16. The first-order valence-electron chi connectivity index (χ1n) is 8.76. The number of benzene rings is 1. The van der Waals surface area contributed by atoms with Crippen molar-refractivity contribution in [3.63, 3.8) is 0 Å². The molecule has 0 spiro atoms. The summed E-state index contributed by atoms with van der Waals surface area (Å²) in [5.41, 5.74) is 12.2. The second kappa shape index (κ2) is 9.34. The third kappa shape index (κ3) is 5.69. The van der Waals surface area contributed by atoms with Crippen molar-refractivity contribution in [3.8, 4) is 5.88 Å². The van der Waals surface area contributed by atoms with Crippen LogP contribution < -0.4 is 21.5 Å². The third-order valence-electron chi connectivity index (χ3n) is 4.17. The Balaban J connectivity index is 1.95. The Labute approximate surface area is 148 Å². The molecule has 0 radical (unpaired) electrons. The van der Waals surface area contributed by atoms with Gasteiger partial charge in [0.05, 0.1) is 17.6 Å². The summed E-state index contributed by atoms with van der Waals surface area (Å²) < 4.78 is 5.81. The van der Waals surface area contributed by atoms with E-state index in [4.69, 9.17) is 16.2 Å². The van der Waals surface area contributed by atoms with Gasteiger partial charge in [0.15, 0.2) is 0 Å². The minimum atomic E-state index is -0.538. The summed E-state index contributed by atoms with van der Waals surface area (Å²) in [4.78, 5) is 16.7. The molecule has 1 heterocycles. The average molecular weight is 344 g/mol. The quantitative estimate of drug-likeness (QED) is 0.644. The van der Waals surface area contributed by atoms with Crippen LogP contribution in [-0.4, -0.2) is 36.1 Å². The first-order valence-corrected chi connectivity index (χ1v) is 8.76. The number of pyridine rings is 1. The number of hydrogen-bond donors (Lipinski definition) is 3. The maximum absolute atomic E-state index is 12.2. The van der Waals surface area contributed by atoms with E-state index < -0.39 is 6.04 Å². The molecule has 136 valence electrons. The lowest BCUT2D eigenvalue weighted by Crippen LogP contribution is -2.49. The Bertz CT molecular complexity index is 690. The number of nitrogens with zero attached hydrogens (tertiary/aromatic N) is 1. The van der Waals surface area contributed by atoms with Crippen molar-refractivity contribution in [1.82, 2.24) is 10.3 Å². The number of fused-ring (bicyclic) bond motifs is 1. The zero-order valence-corrected chi connectivity index (χ0v) is 14.9. The third-order valence-corrected chi connectivity index (χ3v) is 4.17. The van der Waals surface area contributed by atoms with Gasteiger partial charge in [-0.15, -0.1) is 0 Å². The van der Waals surface area contributed by atoms with Crippen LogP contribution in [0.2, 0.25) is 0 Å². The van der Waals surface area contributed by atoms with Crippen LogP contribution in [0.25, 0.3) is 10.9 Å². The fourth-order valence-corrected chi connectivity index (χ4v) is 2.46. The number of nitrogens with one attached hydrogen (secondary N) is 1. The molecule has 1 aromatic heterocycles. The molecule has 6 nitrogen and oxygen atoms in total. The summed E-state index contributed by atoms with van der Waals surface area (Å²) in [6, 6.07) is 11.0. The second-order valence-corrected chi connectivity index (χ2v) is 6.55. The van der Waals surface area contributed by atoms with Gasteiger partial charge in [0, 0.05) is 11.5 Å². The molecule has 0 fully saturated rings. The molecule has 1 aromatic carbocycles. The summed E-state index contributed by atoms with van der Waals surface area (Å²) in [7, 11) is 0. The highest BCUT2D eigenvalue weighted by atomic mass is 16.5. The molecule has 2 aromatic rings. The summed E-state index contributed by atoms with van der Waals surface area (Å²) in [6.45, 7) is 4.95. The van der Waals surface area contributed by atoms with E-state index in [2.05, 4.69) is 10.3 Å². The number of aromatic nitrogens is 1. The molecule has 0 bridgehead atoms. The van der Waals surface area contributed by atoms with Gasteiger partial charge in [-0.3, -0.25) is 4.79 Å². The highest BCUT2D eigenvalue weighted by Crippen LogP contribution is 2.16. The van der Waals surface area contributed by atoms with Gasteiger partial charge in [0.1, 0.15) is 6.61 Å². The largest absolute Gasteiger partial charge is 0.475 e. The van der Waals surface area contributed by atoms with Crippen molar-refractivity contribution in [3.05, 3.63) is 36.4 Å². The van der Waals surface area contributed by atoms with Crippen molar-refractivity contribution in [1.29, 1.82) is 0 Å². The van der Waals surface area contributed by atoms with Crippen LogP contribution in [0.15, 0.2) is 36.4 Å². The van der Waals surface area contributed by atoms with E-state index >= 15 is 0 Å². The average Bonchev–Trinajstić information content (AvgIpc) is 2.62. The lowest BCUT2D eigenvalue weighted by atomic mass is 10.0. The Morgan fingerprint density at radius 2 is 2.00 bits per heavy atom. The van der Waals surface area contributed by atoms with Gasteiger partial charge in [-0.25, -0.2) is 4.98 Å². The first-order chi connectivity index (χ1) is 12.0. The van der Waals surface area contributed by atoms with E-state index in [1.807, 2.05) is 50.2 Å². The van der Waals surface area contributed by atoms with E-state index in [0.717, 1.165) is 17.3 Å². The van der Waals surface area contributed by atoms with Crippen LogP contribution in [-0.2, 0) is 4.79 Å². The van der Waals surface area contributed by atoms with Crippen molar-refractivity contribution in [2.45, 2.75) is 38.8 Å². The van der Waals surface area contributed by atoms with Crippen LogP contribution in [0.5, 0.6) is 5.88 Å². The van der Waals surface area contributed by atoms with Gasteiger partial charge in [-0.2, -0.15) is 0 Å². The number of para-hydroxylation sites is 1. The van der Waals surface area contributed by atoms with Crippen LogP contribution in [0, 0.1) is 5.92 Å². The molecule has 0 aliphatic carbocycles. The number of amides is 1. The normalized spacial score (nSPS) is 13.6. The van der Waals surface area contributed by atoms with Crippen LogP contribution in [0.1, 0.15) is 26.7 Å². The van der Waals surface area contributed by atoms with E-state index in [1.165, 1.54) is 0 Å². The number of carbonyl (C=O) groups is 1. The van der Waals surface area contributed by atoms with E-state index in [-0.39, 0.29) is 17.9 Å². The van der Waals surface area contributed by atoms with Crippen LogP contribution in [0.4, 0.5) is 0 Å². The predicted molar refractivity (Wildman–Crippen MR) is 100 cm³/mol. The fourth-order valence-electron chi connectivity index (χ4n) is 2.46. The fraction of sp³-hybridized carbons (Fsp3) is 0.474. The molecule has 0 saturated heterocycles. The lowest BCUT2D eigenvalue weighted by molar-refractivity contribution is -0.123. The van der Waals surface area contributed by atoms with Crippen molar-refractivity contribution in [2.75, 3.05) is 13.2 Å². The SMILES string of the molecule is CC(C)[C@H](COc1ccc2ccccc2n1)NC(=O)[C@H](N)CCCN. The van der Waals surface area contributed by atoms with Crippen molar-refractivity contribution < 1.29 is 9.53 Å². The zero-order chi connectivity index (χ0) is 18.2. The highest BCUT2D eigenvalue weighted by molar-refractivity contribution is 5.81. The number of ether oxygens (including phenoxy) is 1. The predicted octanol–water partition coefficient (Wildman–Crippen LogP) is 1.82. The Hall–Kier alpha value is -2.18. The van der Waals surface area contributed by atoms with Crippen molar-refractivity contribution >= 4 is 16.8 Å². The molecule has 0 saturated carbocycles. The monoisotopic (exact) mass is 344 g/mol. The molecule has 6 heteroatoms. The van der Waals surface area contributed by atoms with Gasteiger partial charge in [-0.05, 0) is 37.4 Å². The molecular weight excluding hydrogens is 316 g/mol. The van der Waals surface area contributed by atoms with Gasteiger partial charge in [0.25, 0.3) is 0 Å². The molecule has 0 aliphatic rings. The molecule has 0 aliphatic heterocycles. The first kappa shape index (κ1) is 19.1. The molecule has 2 rings (SSSR count). The standard InChI is InChI=1S/C19H28N4O2/c1-13(2)17(23-19(24)15(21)7-5-11-20)12-25-18-10-9-14-6-3-4-8-16(14)22-18/h3-4,6,8-10,13,15,17H,5,7,11-12,20-21H2,1-2H3,(H,23,24)/t15-,17+/m1/s1. The maximum Gasteiger partial charge on any atom is 0.237 e. The molecule has 1 amide bonds. The van der Waals surface area contributed by atoms with Crippen LogP contribution >= 0.6 is 0 Å². The summed E-state index contributed by atoms with van der Waals surface area (Å²) in [5.74, 6) is 0.597. The minimum absolute atomic E-state index is 0.135. The molecule has 0 unspecified atom stereocenters. The summed E-state index contributed by atoms with van der Waals surface area (Å²) in [6.07, 6.45) is 1.32. The molecule has 5 N–H and O–H groups in total. The number of nitrogens with two attached hydrogens (primary N) is 2. The number of carbonyl (C=O) groups excluding carboxylic acids is 1. The van der Waals surface area contributed by atoms with Gasteiger partial charge in [-0.1, -0.05) is 32.0 Å². The zero-order valence-electron chi connectivity index (χ0n) is 14.9. The Morgan fingerprint density at radius 3 is 2.72 bits per heavy atom. The van der Waals surface area contributed by atoms with Gasteiger partial charge < -0.3 is 21.5 Å². The van der Waals surface area contributed by atoms with Crippen molar-refractivity contribution in [2.24, 2.45) is 17.4 Å². The van der Waals surface area contributed by atoms with E-state index in [1.54, 1.807) is 0 Å². The van der Waals surface area contributed by atoms with E-state index in [9.17, 15) is 4.79 Å². The smallest absolute Gasteiger partial charge is 0.237 e. The highest BCUT2D eigenvalue weighted by Gasteiger charge is 2.21. The minimum Gasteiger partial charge on any atom is -0.475 e. The Morgan fingerprint density at radius 1 is 1.24 bits per heavy atom. The van der Waals surface area contributed by atoms with Gasteiger partial charge in [0.2, 0.25) is 11.8 Å². The lowest BCUT2D eigenvalue weighted by Gasteiger charge is -2.24. The van der Waals surface area contributed by atoms with E-state index in [0.29, 0.717) is 25.5 Å². The number of rotatable bonds is 9. The summed E-state index contributed by atoms with van der Waals surface area (Å²) >= 11 is 0. The maximum atomic E-state index is 12.2. The molecular formula is C19H28N4O2. The van der Waals surface area contributed by atoms with Crippen LogP contribution in [0.3, 0.4) is 0 Å². The molecule has 25 heavy (non-hydrogen) atoms. The second-order valence-electron chi connectivity index (χ2n) is 6.55. The molecule has 2 atom stereocenters. The van der Waals surface area contributed by atoms with Gasteiger partial charge >= 0.3 is 0 Å². The summed E-state index contributed by atoms with van der Waals surface area (Å²) in [5, 5.41) is 4.04. The number of hydrogen-bond acceptors (Lipinski definition) is 5.